The molecule has 0 fully saturated rings. The second-order valence-electron chi connectivity index (χ2n) is 5.71. The molecule has 1 aliphatic heterocycles. The normalized spacial score (nSPS) is 15.0. The molecule has 1 aromatic heterocycles. The van der Waals surface area contributed by atoms with Crippen molar-refractivity contribution in [3.63, 3.8) is 0 Å². The van der Waals surface area contributed by atoms with Gasteiger partial charge in [0.2, 0.25) is 5.91 Å². The predicted octanol–water partition coefficient (Wildman–Crippen LogP) is 3.77. The molecule has 4 nitrogen and oxygen atoms in total. The van der Waals surface area contributed by atoms with Crippen molar-refractivity contribution in [1.29, 1.82) is 0 Å². The fraction of sp³-hybridized carbons (Fsp3) is 0.263. The number of rotatable bonds is 5. The summed E-state index contributed by atoms with van der Waals surface area (Å²) in [6.45, 7) is 4.76. The van der Waals surface area contributed by atoms with Gasteiger partial charge in [0.1, 0.15) is 0 Å². The van der Waals surface area contributed by atoms with Gasteiger partial charge in [-0.15, -0.1) is 11.3 Å². The molecule has 1 aliphatic rings. The van der Waals surface area contributed by atoms with Gasteiger partial charge < -0.3 is 0 Å². The summed E-state index contributed by atoms with van der Waals surface area (Å²) in [6, 6.07) is 10.5. The maximum Gasteiger partial charge on any atom is 0.250 e. The Kier molecular flexibility index (Phi) is 5.56. The van der Waals surface area contributed by atoms with E-state index >= 15 is 0 Å². The summed E-state index contributed by atoms with van der Waals surface area (Å²) in [5.74, 6) is -0.139. The lowest BCUT2D eigenvalue weighted by atomic mass is 10.1. The second kappa shape index (κ2) is 8.04. The molecular weight excluding hydrogens is 318 g/mol. The minimum absolute atomic E-state index is 0.139. The van der Waals surface area contributed by atoms with E-state index in [9.17, 15) is 4.79 Å². The first kappa shape index (κ1) is 16.6. The summed E-state index contributed by atoms with van der Waals surface area (Å²) in [7, 11) is 0. The van der Waals surface area contributed by atoms with Crippen molar-refractivity contribution in [3.8, 4) is 0 Å². The molecule has 1 N–H and O–H groups in total. The zero-order valence-electron chi connectivity index (χ0n) is 13.7. The van der Waals surface area contributed by atoms with Crippen LogP contribution in [0.25, 0.3) is 0 Å². The number of carbonyl (C=O) groups is 1. The van der Waals surface area contributed by atoms with Crippen LogP contribution in [0.4, 0.5) is 5.13 Å². The standard InChI is InChI=1S/C19H21N3OS/c1-2-3-5-10-18(23)21-19-20-16-11-12-22(14-17(16)24-19)13-15-8-6-4-7-9-15/h2-10H,11-14H2,1H3,(H,20,21,23)/b3-2+,10-5+. The molecule has 124 valence electrons. The number of amides is 1. The van der Waals surface area contributed by atoms with E-state index in [0.29, 0.717) is 5.13 Å². The summed E-state index contributed by atoms with van der Waals surface area (Å²) in [5, 5.41) is 3.54. The summed E-state index contributed by atoms with van der Waals surface area (Å²) >= 11 is 1.58. The minimum Gasteiger partial charge on any atom is -0.298 e. The number of hydrogen-bond acceptors (Lipinski definition) is 4. The average Bonchev–Trinajstić information content (AvgIpc) is 2.97. The molecule has 1 amide bonds. The van der Waals surface area contributed by atoms with Crippen molar-refractivity contribution in [2.24, 2.45) is 0 Å². The number of thiazole rings is 1. The Hall–Kier alpha value is -2.24. The summed E-state index contributed by atoms with van der Waals surface area (Å²) < 4.78 is 0. The molecule has 0 saturated heterocycles. The Morgan fingerprint density at radius 2 is 2.17 bits per heavy atom. The fourth-order valence-electron chi connectivity index (χ4n) is 2.68. The van der Waals surface area contributed by atoms with E-state index in [4.69, 9.17) is 0 Å². The van der Waals surface area contributed by atoms with Crippen LogP contribution < -0.4 is 5.32 Å². The lowest BCUT2D eigenvalue weighted by Crippen LogP contribution is -2.29. The van der Waals surface area contributed by atoms with Crippen LogP contribution in [-0.4, -0.2) is 22.3 Å². The van der Waals surface area contributed by atoms with E-state index < -0.39 is 0 Å². The molecule has 1 aromatic carbocycles. The topological polar surface area (TPSA) is 45.2 Å². The summed E-state index contributed by atoms with van der Waals surface area (Å²) in [4.78, 5) is 20.1. The smallest absolute Gasteiger partial charge is 0.250 e. The number of benzene rings is 1. The molecule has 2 aromatic rings. The van der Waals surface area contributed by atoms with Gasteiger partial charge in [0.05, 0.1) is 5.69 Å². The van der Waals surface area contributed by atoms with Crippen LogP contribution in [-0.2, 0) is 24.3 Å². The minimum atomic E-state index is -0.139. The molecular formula is C19H21N3OS. The van der Waals surface area contributed by atoms with Gasteiger partial charge in [-0.25, -0.2) is 4.98 Å². The van der Waals surface area contributed by atoms with E-state index in [-0.39, 0.29) is 5.91 Å². The van der Waals surface area contributed by atoms with Crippen molar-refractivity contribution in [1.82, 2.24) is 9.88 Å². The number of allylic oxidation sites excluding steroid dienone is 3. The third-order valence-corrected chi connectivity index (χ3v) is 4.84. The van der Waals surface area contributed by atoms with E-state index in [1.54, 1.807) is 17.4 Å². The molecule has 0 radical (unpaired) electrons. The number of anilines is 1. The molecule has 3 rings (SSSR count). The van der Waals surface area contributed by atoms with Gasteiger partial charge in [-0.1, -0.05) is 48.6 Å². The highest BCUT2D eigenvalue weighted by Crippen LogP contribution is 2.29. The molecule has 0 bridgehead atoms. The monoisotopic (exact) mass is 339 g/mol. The van der Waals surface area contributed by atoms with E-state index in [1.807, 2.05) is 25.1 Å². The first-order valence-corrected chi connectivity index (χ1v) is 8.91. The number of hydrogen-bond donors (Lipinski definition) is 1. The highest BCUT2D eigenvalue weighted by atomic mass is 32.1. The zero-order chi connectivity index (χ0) is 16.8. The van der Waals surface area contributed by atoms with Gasteiger partial charge >= 0.3 is 0 Å². The molecule has 0 aliphatic carbocycles. The van der Waals surface area contributed by atoms with Crippen LogP contribution in [0.15, 0.2) is 54.6 Å². The summed E-state index contributed by atoms with van der Waals surface area (Å²) in [6.07, 6.45) is 7.89. The van der Waals surface area contributed by atoms with Crippen LogP contribution in [0, 0.1) is 0 Å². The number of nitrogens with zero attached hydrogens (tertiary/aromatic N) is 2. The number of fused-ring (bicyclic) bond motifs is 1. The first-order valence-electron chi connectivity index (χ1n) is 8.10. The Balaban J connectivity index is 1.61. The quantitative estimate of drug-likeness (QED) is 0.666. The van der Waals surface area contributed by atoms with E-state index in [1.165, 1.54) is 16.5 Å². The van der Waals surface area contributed by atoms with Gasteiger partial charge in [0.15, 0.2) is 5.13 Å². The van der Waals surface area contributed by atoms with Crippen LogP contribution >= 0.6 is 11.3 Å². The van der Waals surface area contributed by atoms with Gasteiger partial charge in [-0.05, 0) is 12.5 Å². The van der Waals surface area contributed by atoms with Crippen molar-refractivity contribution in [2.75, 3.05) is 11.9 Å². The third kappa shape index (κ3) is 4.40. The average molecular weight is 339 g/mol. The van der Waals surface area contributed by atoms with Crippen LogP contribution in [0.2, 0.25) is 0 Å². The molecule has 2 heterocycles. The Morgan fingerprint density at radius 1 is 1.33 bits per heavy atom. The van der Waals surface area contributed by atoms with Crippen LogP contribution in [0.1, 0.15) is 23.1 Å². The second-order valence-corrected chi connectivity index (χ2v) is 6.79. The lowest BCUT2D eigenvalue weighted by molar-refractivity contribution is -0.111. The van der Waals surface area contributed by atoms with Crippen molar-refractivity contribution < 1.29 is 4.79 Å². The fourth-order valence-corrected chi connectivity index (χ4v) is 3.73. The van der Waals surface area contributed by atoms with Crippen LogP contribution in [0.3, 0.4) is 0 Å². The van der Waals surface area contributed by atoms with Gasteiger partial charge in [0.25, 0.3) is 0 Å². The maximum atomic E-state index is 11.8. The SMILES string of the molecule is C/C=C/C=C/C(=O)Nc1nc2c(s1)CN(Cc1ccccc1)CC2. The highest BCUT2D eigenvalue weighted by Gasteiger charge is 2.21. The van der Waals surface area contributed by atoms with E-state index in [2.05, 4.69) is 39.5 Å². The van der Waals surface area contributed by atoms with Gasteiger partial charge in [-0.3, -0.25) is 15.0 Å². The maximum absolute atomic E-state index is 11.8. The van der Waals surface area contributed by atoms with Crippen molar-refractivity contribution in [3.05, 3.63) is 70.8 Å². The molecule has 0 spiro atoms. The van der Waals surface area contributed by atoms with Gasteiger partial charge in [-0.2, -0.15) is 0 Å². The molecule has 0 atom stereocenters. The number of nitrogens with one attached hydrogen (secondary N) is 1. The zero-order valence-corrected chi connectivity index (χ0v) is 14.6. The Bertz CT molecular complexity index is 749. The first-order chi connectivity index (χ1) is 11.7. The predicted molar refractivity (Wildman–Crippen MR) is 99.0 cm³/mol. The van der Waals surface area contributed by atoms with Gasteiger partial charge in [0, 0.05) is 37.0 Å². The molecule has 24 heavy (non-hydrogen) atoms. The number of aromatic nitrogens is 1. The molecule has 0 saturated carbocycles. The molecule has 0 unspecified atom stereocenters. The largest absolute Gasteiger partial charge is 0.298 e. The van der Waals surface area contributed by atoms with Crippen molar-refractivity contribution in [2.45, 2.75) is 26.4 Å². The number of carbonyl (C=O) groups excluding carboxylic acids is 1. The Labute approximate surface area is 146 Å². The molecule has 5 heteroatoms. The Morgan fingerprint density at radius 3 is 2.96 bits per heavy atom. The lowest BCUT2D eigenvalue weighted by Gasteiger charge is -2.25. The van der Waals surface area contributed by atoms with Crippen LogP contribution in [0.5, 0.6) is 0 Å². The summed E-state index contributed by atoms with van der Waals surface area (Å²) in [5.41, 5.74) is 2.45. The highest BCUT2D eigenvalue weighted by molar-refractivity contribution is 7.15. The third-order valence-electron chi connectivity index (χ3n) is 3.84. The van der Waals surface area contributed by atoms with Crippen molar-refractivity contribution >= 4 is 22.4 Å². The van der Waals surface area contributed by atoms with E-state index in [0.717, 1.165) is 31.7 Å².